The van der Waals surface area contributed by atoms with Crippen LogP contribution in [0.3, 0.4) is 0 Å². The van der Waals surface area contributed by atoms with Gasteiger partial charge in [0.05, 0.1) is 45.5 Å². The predicted octanol–water partition coefficient (Wildman–Crippen LogP) is 4.02. The number of hydrogen-bond acceptors (Lipinski definition) is 7. The van der Waals surface area contributed by atoms with E-state index < -0.39 is 0 Å². The minimum atomic E-state index is -0.251. The first-order chi connectivity index (χ1) is 17.1. The van der Waals surface area contributed by atoms with E-state index in [-0.39, 0.29) is 17.7 Å². The first-order valence-corrected chi connectivity index (χ1v) is 12.0. The van der Waals surface area contributed by atoms with E-state index in [1.165, 1.54) is 17.4 Å². The molecule has 0 spiro atoms. The summed E-state index contributed by atoms with van der Waals surface area (Å²) < 4.78 is 0. The Hall–Kier alpha value is -4.18. The van der Waals surface area contributed by atoms with Crippen LogP contribution in [0.1, 0.15) is 12.8 Å². The van der Waals surface area contributed by atoms with Gasteiger partial charge < -0.3 is 10.2 Å². The van der Waals surface area contributed by atoms with E-state index in [1.807, 2.05) is 36.4 Å². The number of rotatable bonds is 6. The van der Waals surface area contributed by atoms with Crippen LogP contribution in [0.5, 0.6) is 0 Å². The van der Waals surface area contributed by atoms with Crippen LogP contribution in [-0.4, -0.2) is 55.0 Å². The first-order valence-electron chi connectivity index (χ1n) is 11.2. The predicted molar refractivity (Wildman–Crippen MR) is 134 cm³/mol. The largest absolute Gasteiger partial charge is 0.338 e. The molecule has 0 radical (unpaired) electrons. The molecule has 1 fully saturated rings. The highest BCUT2D eigenvalue weighted by molar-refractivity contribution is 7.18. The molecule has 1 aliphatic rings. The molecule has 2 N–H and O–H groups in total. The molecule has 0 bridgehead atoms. The van der Waals surface area contributed by atoms with E-state index in [2.05, 4.69) is 32.1 Å². The van der Waals surface area contributed by atoms with Crippen LogP contribution < -0.4 is 5.32 Å². The molecule has 4 aromatic heterocycles. The molecule has 0 saturated carbocycles. The van der Waals surface area contributed by atoms with E-state index in [0.29, 0.717) is 24.5 Å². The number of thiazole rings is 1. The summed E-state index contributed by atoms with van der Waals surface area (Å²) >= 11 is 1.50. The number of carbonyl (C=O) groups is 2. The van der Waals surface area contributed by atoms with Crippen LogP contribution >= 0.6 is 11.3 Å². The van der Waals surface area contributed by atoms with Gasteiger partial charge in [-0.05, 0) is 49.2 Å². The maximum absolute atomic E-state index is 12.7. The molecule has 0 aliphatic carbocycles. The van der Waals surface area contributed by atoms with Crippen molar-refractivity contribution in [3.63, 3.8) is 0 Å². The highest BCUT2D eigenvalue weighted by Crippen LogP contribution is 2.31. The lowest BCUT2D eigenvalue weighted by molar-refractivity contribution is -0.130. The molecule has 0 unspecified atom stereocenters. The van der Waals surface area contributed by atoms with Gasteiger partial charge in [-0.15, -0.1) is 11.3 Å². The summed E-state index contributed by atoms with van der Waals surface area (Å²) in [5, 5.41) is 10.6. The van der Waals surface area contributed by atoms with Crippen molar-refractivity contribution in [3.8, 4) is 32.7 Å². The number of hydrogen-bond donors (Lipinski definition) is 2. The van der Waals surface area contributed by atoms with Gasteiger partial charge in [-0.1, -0.05) is 12.6 Å². The molecule has 1 atom stereocenters. The zero-order valence-corrected chi connectivity index (χ0v) is 19.7. The van der Waals surface area contributed by atoms with E-state index in [0.717, 1.165) is 39.8 Å². The molecule has 1 aliphatic heterocycles. The number of pyridine rings is 2. The maximum Gasteiger partial charge on any atom is 0.245 e. The number of anilines is 1. The summed E-state index contributed by atoms with van der Waals surface area (Å²) in [6.07, 6.45) is 7.94. The third-order valence-corrected chi connectivity index (χ3v) is 6.85. The molecule has 9 nitrogen and oxygen atoms in total. The fraction of sp³-hybridized carbons (Fsp3) is 0.200. The van der Waals surface area contributed by atoms with E-state index >= 15 is 0 Å². The highest BCUT2D eigenvalue weighted by atomic mass is 32.1. The van der Waals surface area contributed by atoms with Gasteiger partial charge in [-0.25, -0.2) is 9.97 Å². The van der Waals surface area contributed by atoms with Crippen LogP contribution in [0, 0.1) is 5.92 Å². The second-order valence-electron chi connectivity index (χ2n) is 8.16. The lowest BCUT2D eigenvalue weighted by Crippen LogP contribution is -2.43. The van der Waals surface area contributed by atoms with Crippen molar-refractivity contribution in [1.29, 1.82) is 0 Å². The Morgan fingerprint density at radius 2 is 2.00 bits per heavy atom. The monoisotopic (exact) mass is 485 g/mol. The van der Waals surface area contributed by atoms with Crippen molar-refractivity contribution in [2.75, 3.05) is 18.4 Å². The summed E-state index contributed by atoms with van der Waals surface area (Å²) in [5.41, 5.74) is 3.80. The normalized spacial score (nSPS) is 15.5. The van der Waals surface area contributed by atoms with Crippen molar-refractivity contribution in [2.45, 2.75) is 12.8 Å². The summed E-state index contributed by atoms with van der Waals surface area (Å²) in [7, 11) is 0. The van der Waals surface area contributed by atoms with Crippen molar-refractivity contribution in [1.82, 2.24) is 30.0 Å². The number of amides is 2. The smallest absolute Gasteiger partial charge is 0.245 e. The average Bonchev–Trinajstić information content (AvgIpc) is 3.62. The number of piperidine rings is 1. The third kappa shape index (κ3) is 5.02. The average molecular weight is 486 g/mol. The van der Waals surface area contributed by atoms with E-state index in [4.69, 9.17) is 4.98 Å². The van der Waals surface area contributed by atoms with Crippen molar-refractivity contribution >= 4 is 28.8 Å². The first kappa shape index (κ1) is 22.6. The van der Waals surface area contributed by atoms with E-state index in [1.54, 1.807) is 23.5 Å². The van der Waals surface area contributed by atoms with E-state index in [9.17, 15) is 9.59 Å². The SMILES string of the molecule is C=CC(=O)N1CCC[C@H](C(=O)Nc2ccc(-c3ncc(-c4cccc(-c5ccn[nH]5)n4)s3)nc2)C1. The molecular formula is C25H23N7O2S. The summed E-state index contributed by atoms with van der Waals surface area (Å²) in [6, 6.07) is 11.3. The third-order valence-electron chi connectivity index (χ3n) is 5.81. The van der Waals surface area contributed by atoms with Crippen LogP contribution in [0.15, 0.2) is 67.6 Å². The molecule has 176 valence electrons. The van der Waals surface area contributed by atoms with Crippen molar-refractivity contribution in [3.05, 3.63) is 67.6 Å². The van der Waals surface area contributed by atoms with Crippen LogP contribution in [-0.2, 0) is 9.59 Å². The number of likely N-dealkylation sites (tertiary alicyclic amines) is 1. The van der Waals surface area contributed by atoms with Crippen molar-refractivity contribution < 1.29 is 9.59 Å². The molecular weight excluding hydrogens is 462 g/mol. The molecule has 2 amide bonds. The molecule has 4 aromatic rings. The van der Waals surface area contributed by atoms with Crippen molar-refractivity contribution in [2.24, 2.45) is 5.92 Å². The van der Waals surface area contributed by atoms with Gasteiger partial charge in [0.1, 0.15) is 5.01 Å². The summed E-state index contributed by atoms with van der Waals surface area (Å²) in [5.74, 6) is -0.501. The second kappa shape index (κ2) is 9.98. The number of nitrogens with one attached hydrogen (secondary N) is 2. The highest BCUT2D eigenvalue weighted by Gasteiger charge is 2.27. The maximum atomic E-state index is 12.7. The van der Waals surface area contributed by atoms with Gasteiger partial charge in [0.15, 0.2) is 0 Å². The zero-order chi connectivity index (χ0) is 24.2. The molecule has 5 rings (SSSR count). The number of carbonyl (C=O) groups excluding carboxylic acids is 2. The van der Waals surface area contributed by atoms with Gasteiger partial charge in [0.2, 0.25) is 11.8 Å². The number of aromatic nitrogens is 5. The van der Waals surface area contributed by atoms with Gasteiger partial charge >= 0.3 is 0 Å². The Kier molecular flexibility index (Phi) is 6.44. The second-order valence-corrected chi connectivity index (χ2v) is 9.19. The molecule has 0 aromatic carbocycles. The zero-order valence-electron chi connectivity index (χ0n) is 18.8. The Morgan fingerprint density at radius 1 is 1.11 bits per heavy atom. The molecule has 10 heteroatoms. The molecule has 35 heavy (non-hydrogen) atoms. The number of aromatic amines is 1. The standard InChI is InChI=1S/C25H23N7O2S/c1-2-23(33)32-12-4-5-16(15-32)24(34)29-17-8-9-21(26-13-17)25-27-14-22(35-25)20-7-3-6-18(30-20)19-10-11-28-31-19/h2-3,6-11,13-14,16H,1,4-5,12,15H2,(H,28,31)(H,29,34)/t16-/m0/s1. The van der Waals surface area contributed by atoms with Gasteiger partial charge in [0, 0.05) is 25.5 Å². The minimum absolute atomic E-state index is 0.110. The minimum Gasteiger partial charge on any atom is -0.338 e. The Bertz CT molecular complexity index is 1350. The van der Waals surface area contributed by atoms with Gasteiger partial charge in [-0.3, -0.25) is 19.7 Å². The lowest BCUT2D eigenvalue weighted by atomic mass is 9.97. The topological polar surface area (TPSA) is 117 Å². The molecule has 5 heterocycles. The Balaban J connectivity index is 1.25. The van der Waals surface area contributed by atoms with Crippen LogP contribution in [0.2, 0.25) is 0 Å². The molecule has 1 saturated heterocycles. The fourth-order valence-corrected chi connectivity index (χ4v) is 4.85. The number of nitrogens with zero attached hydrogens (tertiary/aromatic N) is 5. The summed E-state index contributed by atoms with van der Waals surface area (Å²) in [6.45, 7) is 4.59. The summed E-state index contributed by atoms with van der Waals surface area (Å²) in [4.78, 5) is 40.9. The fourth-order valence-electron chi connectivity index (χ4n) is 3.99. The number of H-pyrrole nitrogens is 1. The van der Waals surface area contributed by atoms with Crippen LogP contribution in [0.25, 0.3) is 32.7 Å². The lowest BCUT2D eigenvalue weighted by Gasteiger charge is -2.31. The van der Waals surface area contributed by atoms with Gasteiger partial charge in [-0.2, -0.15) is 5.10 Å². The Labute approximate surface area is 206 Å². The van der Waals surface area contributed by atoms with Crippen LogP contribution in [0.4, 0.5) is 5.69 Å². The quantitative estimate of drug-likeness (QED) is 0.399. The van der Waals surface area contributed by atoms with Gasteiger partial charge in [0.25, 0.3) is 0 Å². The Morgan fingerprint density at radius 3 is 2.77 bits per heavy atom.